The van der Waals surface area contributed by atoms with Gasteiger partial charge in [0.2, 0.25) is 0 Å². The van der Waals surface area contributed by atoms with Crippen LogP contribution in [0.5, 0.6) is 5.75 Å². The summed E-state index contributed by atoms with van der Waals surface area (Å²) in [6.07, 6.45) is 5.80. The van der Waals surface area contributed by atoms with E-state index >= 15 is 0 Å². The summed E-state index contributed by atoms with van der Waals surface area (Å²) in [6, 6.07) is 6.39. The van der Waals surface area contributed by atoms with E-state index in [9.17, 15) is 5.11 Å². The molecule has 1 aromatic carbocycles. The number of ether oxygens (including phenoxy) is 1. The van der Waals surface area contributed by atoms with Crippen molar-refractivity contribution in [2.45, 2.75) is 44.8 Å². The smallest absolute Gasteiger partial charge is 0.122 e. The molecule has 1 unspecified atom stereocenters. The summed E-state index contributed by atoms with van der Waals surface area (Å²) < 4.78 is 5.50. The molecule has 0 saturated heterocycles. The fourth-order valence-electron chi connectivity index (χ4n) is 3.22. The number of aliphatic hydroxyl groups excluding tert-OH is 1. The monoisotopic (exact) mass is 261 g/mol. The first-order valence-corrected chi connectivity index (χ1v) is 7.46. The second-order valence-corrected chi connectivity index (χ2v) is 5.78. The van der Waals surface area contributed by atoms with Crippen LogP contribution in [0.3, 0.4) is 0 Å². The Morgan fingerprint density at radius 2 is 2.16 bits per heavy atom. The standard InChI is InChI=1S/C16H23NO2/c18-15(13-3-1-2-4-13)11-17-10-12-5-6-16-14(9-12)7-8-19-16/h5-6,9,13,15,17-18H,1-4,7-8,10-11H2. The summed E-state index contributed by atoms with van der Waals surface area (Å²) >= 11 is 0. The molecule has 2 aliphatic rings. The van der Waals surface area contributed by atoms with Crippen LogP contribution in [0, 0.1) is 5.92 Å². The number of fused-ring (bicyclic) bond motifs is 1. The normalized spacial score (nSPS) is 20.3. The van der Waals surface area contributed by atoms with Gasteiger partial charge in [0.15, 0.2) is 0 Å². The van der Waals surface area contributed by atoms with Crippen molar-refractivity contribution in [3.63, 3.8) is 0 Å². The highest BCUT2D eigenvalue weighted by molar-refractivity contribution is 5.39. The molecule has 0 bridgehead atoms. The van der Waals surface area contributed by atoms with E-state index in [1.54, 1.807) is 0 Å². The Morgan fingerprint density at radius 1 is 1.32 bits per heavy atom. The molecule has 1 saturated carbocycles. The predicted molar refractivity (Wildman–Crippen MR) is 75.3 cm³/mol. The first-order chi connectivity index (χ1) is 9.33. The first kappa shape index (κ1) is 12.9. The molecule has 104 valence electrons. The van der Waals surface area contributed by atoms with E-state index < -0.39 is 0 Å². The van der Waals surface area contributed by atoms with Gasteiger partial charge in [0, 0.05) is 19.5 Å². The Hall–Kier alpha value is -1.06. The molecule has 3 rings (SSSR count). The molecule has 1 aliphatic heterocycles. The summed E-state index contributed by atoms with van der Waals surface area (Å²) in [6.45, 7) is 2.35. The van der Waals surface area contributed by atoms with Crippen LogP contribution in [0.1, 0.15) is 36.8 Å². The maximum Gasteiger partial charge on any atom is 0.122 e. The molecule has 1 fully saturated rings. The molecule has 3 nitrogen and oxygen atoms in total. The fraction of sp³-hybridized carbons (Fsp3) is 0.625. The largest absolute Gasteiger partial charge is 0.493 e. The molecule has 2 N–H and O–H groups in total. The molecule has 1 atom stereocenters. The molecule has 1 aliphatic carbocycles. The van der Waals surface area contributed by atoms with Crippen LogP contribution in [0.25, 0.3) is 0 Å². The van der Waals surface area contributed by atoms with Crippen molar-refractivity contribution in [3.8, 4) is 5.75 Å². The zero-order valence-electron chi connectivity index (χ0n) is 11.4. The second kappa shape index (κ2) is 5.93. The molecule has 0 radical (unpaired) electrons. The Bertz CT molecular complexity index is 427. The molecule has 1 heterocycles. The molecule has 0 aromatic heterocycles. The molecule has 0 amide bonds. The fourth-order valence-corrected chi connectivity index (χ4v) is 3.22. The zero-order valence-corrected chi connectivity index (χ0v) is 11.4. The molecular formula is C16H23NO2. The van der Waals surface area contributed by atoms with E-state index in [2.05, 4.69) is 23.5 Å². The van der Waals surface area contributed by atoms with E-state index in [1.165, 1.54) is 36.8 Å². The van der Waals surface area contributed by atoms with Crippen molar-refractivity contribution in [3.05, 3.63) is 29.3 Å². The van der Waals surface area contributed by atoms with Gasteiger partial charge in [0.05, 0.1) is 12.7 Å². The molecule has 3 heteroatoms. The predicted octanol–water partition coefficient (Wildman–Crippen LogP) is 2.26. The van der Waals surface area contributed by atoms with Crippen LogP contribution < -0.4 is 10.1 Å². The third kappa shape index (κ3) is 3.10. The third-order valence-electron chi connectivity index (χ3n) is 4.38. The number of hydrogen-bond donors (Lipinski definition) is 2. The Balaban J connectivity index is 1.47. The summed E-state index contributed by atoms with van der Waals surface area (Å²) in [4.78, 5) is 0. The lowest BCUT2D eigenvalue weighted by Crippen LogP contribution is -2.31. The van der Waals surface area contributed by atoms with E-state index in [0.29, 0.717) is 12.5 Å². The van der Waals surface area contributed by atoms with E-state index in [1.807, 2.05) is 0 Å². The van der Waals surface area contributed by atoms with Gasteiger partial charge in [0.1, 0.15) is 5.75 Å². The van der Waals surface area contributed by atoms with Crippen molar-refractivity contribution in [1.82, 2.24) is 5.32 Å². The van der Waals surface area contributed by atoms with E-state index in [-0.39, 0.29) is 6.10 Å². The van der Waals surface area contributed by atoms with Gasteiger partial charge in [-0.3, -0.25) is 0 Å². The van der Waals surface area contributed by atoms with E-state index in [0.717, 1.165) is 25.3 Å². The molecule has 0 spiro atoms. The zero-order chi connectivity index (χ0) is 13.1. The van der Waals surface area contributed by atoms with Gasteiger partial charge in [-0.1, -0.05) is 25.0 Å². The molecular weight excluding hydrogens is 238 g/mol. The highest BCUT2D eigenvalue weighted by Gasteiger charge is 2.22. The van der Waals surface area contributed by atoms with Crippen LogP contribution in [-0.4, -0.2) is 24.4 Å². The van der Waals surface area contributed by atoms with E-state index in [4.69, 9.17) is 4.74 Å². The third-order valence-corrected chi connectivity index (χ3v) is 4.38. The number of nitrogens with one attached hydrogen (secondary N) is 1. The van der Waals surface area contributed by atoms with Gasteiger partial charge in [-0.15, -0.1) is 0 Å². The maximum atomic E-state index is 10.1. The van der Waals surface area contributed by atoms with Gasteiger partial charge in [-0.2, -0.15) is 0 Å². The minimum atomic E-state index is -0.180. The number of rotatable bonds is 5. The minimum Gasteiger partial charge on any atom is -0.493 e. The Morgan fingerprint density at radius 3 is 3.00 bits per heavy atom. The highest BCUT2D eigenvalue weighted by atomic mass is 16.5. The lowest BCUT2D eigenvalue weighted by atomic mass is 10.0. The minimum absolute atomic E-state index is 0.180. The average Bonchev–Trinajstić information content (AvgIpc) is 3.09. The van der Waals surface area contributed by atoms with Gasteiger partial charge in [-0.25, -0.2) is 0 Å². The number of hydrogen-bond acceptors (Lipinski definition) is 3. The van der Waals surface area contributed by atoms with Crippen LogP contribution in [0.15, 0.2) is 18.2 Å². The van der Waals surface area contributed by atoms with Crippen molar-refractivity contribution < 1.29 is 9.84 Å². The molecule has 19 heavy (non-hydrogen) atoms. The van der Waals surface area contributed by atoms with Gasteiger partial charge in [-0.05, 0) is 36.0 Å². The van der Waals surface area contributed by atoms with Gasteiger partial charge >= 0.3 is 0 Å². The summed E-state index contributed by atoms with van der Waals surface area (Å²) in [7, 11) is 0. The maximum absolute atomic E-state index is 10.1. The van der Waals surface area contributed by atoms with Crippen molar-refractivity contribution in [2.24, 2.45) is 5.92 Å². The van der Waals surface area contributed by atoms with Crippen molar-refractivity contribution in [2.75, 3.05) is 13.2 Å². The van der Waals surface area contributed by atoms with Crippen molar-refractivity contribution >= 4 is 0 Å². The highest BCUT2D eigenvalue weighted by Crippen LogP contribution is 2.28. The Labute approximate surface area is 115 Å². The number of benzene rings is 1. The lowest BCUT2D eigenvalue weighted by Gasteiger charge is -2.18. The lowest BCUT2D eigenvalue weighted by molar-refractivity contribution is 0.109. The van der Waals surface area contributed by atoms with Crippen LogP contribution in [-0.2, 0) is 13.0 Å². The first-order valence-electron chi connectivity index (χ1n) is 7.46. The SMILES string of the molecule is OC(CNCc1ccc2c(c1)CCO2)C1CCCC1. The van der Waals surface area contributed by atoms with Gasteiger partial charge in [0.25, 0.3) is 0 Å². The van der Waals surface area contributed by atoms with Crippen molar-refractivity contribution in [1.29, 1.82) is 0 Å². The second-order valence-electron chi connectivity index (χ2n) is 5.78. The Kier molecular flexibility index (Phi) is 4.04. The summed E-state index contributed by atoms with van der Waals surface area (Å²) in [5.74, 6) is 1.55. The van der Waals surface area contributed by atoms with Gasteiger partial charge < -0.3 is 15.2 Å². The molecule has 1 aromatic rings. The average molecular weight is 261 g/mol. The quantitative estimate of drug-likeness (QED) is 0.854. The van der Waals surface area contributed by atoms with Crippen LogP contribution in [0.2, 0.25) is 0 Å². The summed E-state index contributed by atoms with van der Waals surface area (Å²) in [5, 5.41) is 13.5. The number of aliphatic hydroxyl groups is 1. The van der Waals surface area contributed by atoms with Crippen LogP contribution >= 0.6 is 0 Å². The summed E-state index contributed by atoms with van der Waals surface area (Å²) in [5.41, 5.74) is 2.60. The van der Waals surface area contributed by atoms with Crippen LogP contribution in [0.4, 0.5) is 0 Å². The topological polar surface area (TPSA) is 41.5 Å².